The Balaban J connectivity index is 1.74. The third kappa shape index (κ3) is 3.87. The molecule has 4 aromatic rings. The van der Waals surface area contributed by atoms with Crippen LogP contribution in [0, 0.1) is 13.8 Å². The van der Waals surface area contributed by atoms with Crippen molar-refractivity contribution in [3.63, 3.8) is 0 Å². The molecule has 4 rings (SSSR count). The Morgan fingerprint density at radius 1 is 0.464 bits per heavy atom. The topological polar surface area (TPSA) is 3.24 Å². The molecule has 0 saturated heterocycles. The summed E-state index contributed by atoms with van der Waals surface area (Å²) >= 11 is 0. The highest BCUT2D eigenvalue weighted by Gasteiger charge is 2.12. The van der Waals surface area contributed by atoms with Gasteiger partial charge in [0, 0.05) is 17.1 Å². The molecule has 0 aliphatic carbocycles. The van der Waals surface area contributed by atoms with Crippen LogP contribution in [0.25, 0.3) is 11.1 Å². The molecule has 0 saturated carbocycles. The molecule has 0 N–H and O–H groups in total. The maximum absolute atomic E-state index is 5.81. The van der Waals surface area contributed by atoms with E-state index in [4.69, 9.17) is 7.85 Å². The molecular formula is C26H22BN. The third-order valence-corrected chi connectivity index (χ3v) is 4.95. The smallest absolute Gasteiger partial charge is 0.113 e. The van der Waals surface area contributed by atoms with E-state index in [9.17, 15) is 0 Å². The average Bonchev–Trinajstić information content (AvgIpc) is 2.72. The second-order valence-electron chi connectivity index (χ2n) is 7.18. The van der Waals surface area contributed by atoms with Crippen LogP contribution < -0.4 is 10.4 Å². The molecule has 4 aromatic carbocycles. The molecule has 28 heavy (non-hydrogen) atoms. The normalized spacial score (nSPS) is 10.6. The maximum Gasteiger partial charge on any atom is 0.113 e. The number of benzene rings is 4. The Kier molecular flexibility index (Phi) is 5.03. The molecule has 0 unspecified atom stereocenters. The molecule has 0 spiro atoms. The van der Waals surface area contributed by atoms with Crippen LogP contribution in [-0.2, 0) is 0 Å². The second kappa shape index (κ2) is 7.78. The van der Waals surface area contributed by atoms with Gasteiger partial charge in [0.1, 0.15) is 7.85 Å². The van der Waals surface area contributed by atoms with Gasteiger partial charge in [-0.15, -0.1) is 0 Å². The SMILES string of the molecule is [B]c1ccc(-c2ccc(N(c3ccc(C)cc3)c3ccc(C)cc3)cc2)cc1. The van der Waals surface area contributed by atoms with E-state index < -0.39 is 0 Å². The molecule has 0 heterocycles. The predicted molar refractivity (Wildman–Crippen MR) is 121 cm³/mol. The Morgan fingerprint density at radius 2 is 0.786 bits per heavy atom. The fourth-order valence-electron chi connectivity index (χ4n) is 3.31. The molecule has 1 nitrogen and oxygen atoms in total. The van der Waals surface area contributed by atoms with Crippen LogP contribution >= 0.6 is 0 Å². The minimum atomic E-state index is 0.783. The first-order valence-electron chi connectivity index (χ1n) is 9.49. The van der Waals surface area contributed by atoms with Crippen molar-refractivity contribution in [2.45, 2.75) is 13.8 Å². The summed E-state index contributed by atoms with van der Waals surface area (Å²) in [6.45, 7) is 4.23. The molecule has 134 valence electrons. The van der Waals surface area contributed by atoms with Gasteiger partial charge in [0.25, 0.3) is 0 Å². The number of nitrogens with zero attached hydrogens (tertiary/aromatic N) is 1. The van der Waals surface area contributed by atoms with Gasteiger partial charge in [-0.05, 0) is 61.4 Å². The highest BCUT2D eigenvalue weighted by molar-refractivity contribution is 6.32. The van der Waals surface area contributed by atoms with E-state index in [1.807, 2.05) is 12.1 Å². The van der Waals surface area contributed by atoms with Crippen molar-refractivity contribution in [2.75, 3.05) is 4.90 Å². The van der Waals surface area contributed by atoms with Gasteiger partial charge in [0.05, 0.1) is 0 Å². The summed E-state index contributed by atoms with van der Waals surface area (Å²) in [6, 6.07) is 33.9. The lowest BCUT2D eigenvalue weighted by atomic mass is 9.94. The van der Waals surface area contributed by atoms with Crippen molar-refractivity contribution >= 4 is 30.4 Å². The van der Waals surface area contributed by atoms with Crippen molar-refractivity contribution in [3.8, 4) is 11.1 Å². The first kappa shape index (κ1) is 18.1. The molecule has 0 bridgehead atoms. The van der Waals surface area contributed by atoms with Crippen LogP contribution in [0.1, 0.15) is 11.1 Å². The van der Waals surface area contributed by atoms with Gasteiger partial charge in [-0.2, -0.15) is 0 Å². The number of anilines is 3. The molecular weight excluding hydrogens is 337 g/mol. The van der Waals surface area contributed by atoms with Crippen LogP contribution in [0.2, 0.25) is 0 Å². The Labute approximate surface area is 168 Å². The molecule has 0 aliphatic heterocycles. The number of rotatable bonds is 4. The summed E-state index contributed by atoms with van der Waals surface area (Å²) in [7, 11) is 5.81. The number of hydrogen-bond donors (Lipinski definition) is 0. The summed E-state index contributed by atoms with van der Waals surface area (Å²) < 4.78 is 0. The van der Waals surface area contributed by atoms with E-state index in [0.29, 0.717) is 0 Å². The van der Waals surface area contributed by atoms with Crippen LogP contribution in [0.5, 0.6) is 0 Å². The van der Waals surface area contributed by atoms with Gasteiger partial charge >= 0.3 is 0 Å². The Morgan fingerprint density at radius 3 is 1.18 bits per heavy atom. The highest BCUT2D eigenvalue weighted by atomic mass is 15.1. The Bertz CT molecular complexity index is 1000. The van der Waals surface area contributed by atoms with Crippen molar-refractivity contribution in [2.24, 2.45) is 0 Å². The van der Waals surface area contributed by atoms with Gasteiger partial charge in [-0.25, -0.2) is 0 Å². The lowest BCUT2D eigenvalue weighted by Crippen LogP contribution is -2.09. The minimum absolute atomic E-state index is 0.783. The molecule has 2 radical (unpaired) electrons. The lowest BCUT2D eigenvalue weighted by molar-refractivity contribution is 1.27. The summed E-state index contributed by atoms with van der Waals surface area (Å²) in [5, 5.41) is 0. The van der Waals surface area contributed by atoms with E-state index in [-0.39, 0.29) is 0 Å². The van der Waals surface area contributed by atoms with Gasteiger partial charge < -0.3 is 4.90 Å². The summed E-state index contributed by atoms with van der Waals surface area (Å²) in [4.78, 5) is 2.28. The van der Waals surface area contributed by atoms with Crippen molar-refractivity contribution in [3.05, 3.63) is 108 Å². The van der Waals surface area contributed by atoms with E-state index in [0.717, 1.165) is 28.1 Å². The predicted octanol–water partition coefficient (Wildman–Crippen LogP) is 6.23. The van der Waals surface area contributed by atoms with Gasteiger partial charge in [0.2, 0.25) is 0 Å². The van der Waals surface area contributed by atoms with Crippen LogP contribution in [0.3, 0.4) is 0 Å². The highest BCUT2D eigenvalue weighted by Crippen LogP contribution is 2.35. The third-order valence-electron chi connectivity index (χ3n) is 4.95. The molecule has 0 aromatic heterocycles. The van der Waals surface area contributed by atoms with Gasteiger partial charge in [0.15, 0.2) is 0 Å². The van der Waals surface area contributed by atoms with E-state index in [2.05, 4.69) is 104 Å². The van der Waals surface area contributed by atoms with E-state index in [1.165, 1.54) is 16.7 Å². The maximum atomic E-state index is 5.81. The van der Waals surface area contributed by atoms with Crippen molar-refractivity contribution in [1.29, 1.82) is 0 Å². The van der Waals surface area contributed by atoms with Gasteiger partial charge in [-0.3, -0.25) is 0 Å². The first-order valence-corrected chi connectivity index (χ1v) is 9.49. The van der Waals surface area contributed by atoms with Crippen LogP contribution in [0.4, 0.5) is 17.1 Å². The van der Waals surface area contributed by atoms with Crippen LogP contribution in [-0.4, -0.2) is 7.85 Å². The van der Waals surface area contributed by atoms with Crippen molar-refractivity contribution < 1.29 is 0 Å². The summed E-state index contributed by atoms with van der Waals surface area (Å²) in [6.07, 6.45) is 0. The summed E-state index contributed by atoms with van der Waals surface area (Å²) in [5.74, 6) is 0. The van der Waals surface area contributed by atoms with Crippen molar-refractivity contribution in [1.82, 2.24) is 0 Å². The average molecular weight is 359 g/mol. The molecule has 0 fully saturated rings. The summed E-state index contributed by atoms with van der Waals surface area (Å²) in [5.41, 5.74) is 9.06. The first-order chi connectivity index (χ1) is 13.6. The quantitative estimate of drug-likeness (QED) is 0.390. The fraction of sp³-hybridized carbons (Fsp3) is 0.0769. The van der Waals surface area contributed by atoms with E-state index >= 15 is 0 Å². The number of aryl methyl sites for hydroxylation is 2. The number of hydrogen-bond acceptors (Lipinski definition) is 1. The van der Waals surface area contributed by atoms with Crippen LogP contribution in [0.15, 0.2) is 97.1 Å². The van der Waals surface area contributed by atoms with E-state index in [1.54, 1.807) is 0 Å². The second-order valence-corrected chi connectivity index (χ2v) is 7.18. The zero-order valence-corrected chi connectivity index (χ0v) is 16.3. The van der Waals surface area contributed by atoms with Gasteiger partial charge in [-0.1, -0.05) is 77.3 Å². The minimum Gasteiger partial charge on any atom is -0.311 e. The Hall–Kier alpha value is -3.26. The largest absolute Gasteiger partial charge is 0.311 e. The molecule has 0 amide bonds. The monoisotopic (exact) mass is 359 g/mol. The molecule has 2 heteroatoms. The zero-order valence-electron chi connectivity index (χ0n) is 16.3. The zero-order chi connectivity index (χ0) is 19.5. The molecule has 0 aliphatic rings. The standard InChI is InChI=1S/C26H22BN/c1-19-3-13-24(14-4-19)28(25-15-5-20(2)6-16-25)26-17-9-22(10-18-26)21-7-11-23(27)12-8-21/h3-18H,1-2H3. The lowest BCUT2D eigenvalue weighted by Gasteiger charge is -2.26. The fourth-order valence-corrected chi connectivity index (χ4v) is 3.31. The molecule has 0 atom stereocenters.